The molecule has 8 heteroatoms. The zero-order chi connectivity index (χ0) is 19.9. The van der Waals surface area contributed by atoms with Crippen molar-refractivity contribution in [1.29, 1.82) is 0 Å². The van der Waals surface area contributed by atoms with Crippen LogP contribution >= 0.6 is 0 Å². The molecule has 0 radical (unpaired) electrons. The normalized spacial score (nSPS) is 10.5. The van der Waals surface area contributed by atoms with Crippen LogP contribution in [0.3, 0.4) is 0 Å². The monoisotopic (exact) mass is 383 g/mol. The van der Waals surface area contributed by atoms with E-state index in [0.29, 0.717) is 18.0 Å². The van der Waals surface area contributed by atoms with Crippen LogP contribution in [0.4, 0.5) is 5.82 Å². The number of nitrogens with one attached hydrogen (secondary N) is 1. The minimum absolute atomic E-state index is 0.0440. The first-order chi connectivity index (χ1) is 13.6. The third kappa shape index (κ3) is 4.40. The lowest BCUT2D eigenvalue weighted by Crippen LogP contribution is -2.22. The van der Waals surface area contributed by atoms with Gasteiger partial charge in [-0.25, -0.2) is 9.78 Å². The van der Waals surface area contributed by atoms with Crippen LogP contribution in [0.5, 0.6) is 11.5 Å². The molecule has 1 aromatic carbocycles. The Morgan fingerprint density at radius 2 is 1.71 bits per heavy atom. The number of nitrogens with zero attached hydrogens (tertiary/aromatic N) is 2. The maximum Gasteiger partial charge on any atom is 0.360 e. The van der Waals surface area contributed by atoms with Gasteiger partial charge in [-0.3, -0.25) is 9.20 Å². The van der Waals surface area contributed by atoms with Gasteiger partial charge in [0.15, 0.2) is 18.1 Å². The zero-order valence-electron chi connectivity index (χ0n) is 15.7. The van der Waals surface area contributed by atoms with Crippen LogP contribution in [0.2, 0.25) is 0 Å². The fourth-order valence-corrected chi connectivity index (χ4v) is 2.57. The summed E-state index contributed by atoms with van der Waals surface area (Å²) in [7, 11) is 0. The van der Waals surface area contributed by atoms with E-state index in [1.54, 1.807) is 60.0 Å². The Balaban J connectivity index is 1.71. The Labute approximate surface area is 162 Å². The zero-order valence-corrected chi connectivity index (χ0v) is 15.7. The van der Waals surface area contributed by atoms with Gasteiger partial charge in [0, 0.05) is 6.20 Å². The van der Waals surface area contributed by atoms with Crippen molar-refractivity contribution in [2.45, 2.75) is 13.8 Å². The number of aromatic nitrogens is 2. The van der Waals surface area contributed by atoms with E-state index in [-0.39, 0.29) is 24.7 Å². The molecule has 1 amide bonds. The molecule has 3 rings (SSSR count). The Morgan fingerprint density at radius 1 is 1.00 bits per heavy atom. The van der Waals surface area contributed by atoms with Crippen molar-refractivity contribution in [2.75, 3.05) is 25.1 Å². The third-order valence-corrected chi connectivity index (χ3v) is 3.76. The van der Waals surface area contributed by atoms with Crippen LogP contribution in [-0.2, 0) is 9.53 Å². The van der Waals surface area contributed by atoms with Crippen LogP contribution in [0.1, 0.15) is 24.3 Å². The summed E-state index contributed by atoms with van der Waals surface area (Å²) in [5.41, 5.74) is 0.566. The molecule has 0 fully saturated rings. The number of benzene rings is 1. The van der Waals surface area contributed by atoms with Crippen LogP contribution in [0, 0.1) is 0 Å². The van der Waals surface area contributed by atoms with Gasteiger partial charge in [0.1, 0.15) is 17.1 Å². The fourth-order valence-electron chi connectivity index (χ4n) is 2.57. The molecule has 0 spiro atoms. The van der Waals surface area contributed by atoms with Gasteiger partial charge in [-0.2, -0.15) is 0 Å². The number of ether oxygens (including phenoxy) is 3. The van der Waals surface area contributed by atoms with Crippen molar-refractivity contribution in [3.63, 3.8) is 0 Å². The highest BCUT2D eigenvalue weighted by Crippen LogP contribution is 2.20. The molecule has 8 nitrogen and oxygen atoms in total. The molecule has 0 unspecified atom stereocenters. The number of amides is 1. The molecule has 0 bridgehead atoms. The lowest BCUT2D eigenvalue weighted by Gasteiger charge is -2.09. The fraction of sp³-hybridized carbons (Fsp3) is 0.250. The molecule has 0 aliphatic carbocycles. The van der Waals surface area contributed by atoms with Crippen molar-refractivity contribution >= 4 is 23.3 Å². The van der Waals surface area contributed by atoms with Crippen LogP contribution in [-0.4, -0.2) is 41.1 Å². The van der Waals surface area contributed by atoms with E-state index in [1.165, 1.54) is 0 Å². The lowest BCUT2D eigenvalue weighted by molar-refractivity contribution is -0.118. The van der Waals surface area contributed by atoms with Gasteiger partial charge in [0.2, 0.25) is 0 Å². The summed E-state index contributed by atoms with van der Waals surface area (Å²) in [5.74, 6) is 0.472. The molecule has 0 saturated heterocycles. The maximum absolute atomic E-state index is 12.4. The number of imidazole rings is 1. The van der Waals surface area contributed by atoms with Gasteiger partial charge in [-0.05, 0) is 50.2 Å². The first-order valence-corrected chi connectivity index (χ1v) is 8.92. The van der Waals surface area contributed by atoms with Crippen molar-refractivity contribution in [3.8, 4) is 11.5 Å². The molecule has 1 N–H and O–H groups in total. The molecule has 0 saturated carbocycles. The first-order valence-electron chi connectivity index (χ1n) is 8.92. The second-order valence-electron chi connectivity index (χ2n) is 5.70. The van der Waals surface area contributed by atoms with Gasteiger partial charge in [-0.15, -0.1) is 0 Å². The Morgan fingerprint density at radius 3 is 2.39 bits per heavy atom. The summed E-state index contributed by atoms with van der Waals surface area (Å²) in [6.45, 7) is 4.16. The molecular formula is C20H21N3O5. The number of fused-ring (bicyclic) bond motifs is 1. The number of esters is 1. The van der Waals surface area contributed by atoms with E-state index in [0.717, 1.165) is 5.75 Å². The number of hydrogen-bond donors (Lipinski definition) is 1. The van der Waals surface area contributed by atoms with Gasteiger partial charge in [0.25, 0.3) is 5.91 Å². The first kappa shape index (κ1) is 19.2. The third-order valence-electron chi connectivity index (χ3n) is 3.76. The van der Waals surface area contributed by atoms with Crippen molar-refractivity contribution in [1.82, 2.24) is 9.38 Å². The molecule has 0 aliphatic heterocycles. The highest BCUT2D eigenvalue weighted by atomic mass is 16.5. The molecule has 2 aromatic heterocycles. The second kappa shape index (κ2) is 8.90. The average molecular weight is 383 g/mol. The van der Waals surface area contributed by atoms with E-state index in [1.807, 2.05) is 6.92 Å². The Kier molecular flexibility index (Phi) is 6.11. The summed E-state index contributed by atoms with van der Waals surface area (Å²) in [4.78, 5) is 28.8. The van der Waals surface area contributed by atoms with E-state index >= 15 is 0 Å². The van der Waals surface area contributed by atoms with Crippen LogP contribution in [0.15, 0.2) is 48.7 Å². The molecule has 2 heterocycles. The van der Waals surface area contributed by atoms with Crippen molar-refractivity contribution < 1.29 is 23.8 Å². The molecular weight excluding hydrogens is 362 g/mol. The number of hydrogen-bond acceptors (Lipinski definition) is 6. The van der Waals surface area contributed by atoms with E-state index in [9.17, 15) is 9.59 Å². The van der Waals surface area contributed by atoms with Gasteiger partial charge < -0.3 is 19.5 Å². The second-order valence-corrected chi connectivity index (χ2v) is 5.70. The predicted octanol–water partition coefficient (Wildman–Crippen LogP) is 2.93. The number of anilines is 1. The van der Waals surface area contributed by atoms with E-state index in [4.69, 9.17) is 14.2 Å². The minimum atomic E-state index is -0.603. The SMILES string of the molecule is CCOC(=O)c1nc2ccccn2c1NC(=O)COc1ccc(OCC)cc1. The molecule has 28 heavy (non-hydrogen) atoms. The number of pyridine rings is 1. The van der Waals surface area contributed by atoms with Crippen LogP contribution in [0.25, 0.3) is 5.65 Å². The minimum Gasteiger partial charge on any atom is -0.494 e. The van der Waals surface area contributed by atoms with Gasteiger partial charge >= 0.3 is 5.97 Å². The predicted molar refractivity (Wildman–Crippen MR) is 103 cm³/mol. The van der Waals surface area contributed by atoms with Crippen LogP contribution < -0.4 is 14.8 Å². The molecule has 146 valence electrons. The summed E-state index contributed by atoms with van der Waals surface area (Å²) in [6.07, 6.45) is 1.70. The highest BCUT2D eigenvalue weighted by molar-refractivity contribution is 6.00. The molecule has 0 aliphatic rings. The Bertz CT molecular complexity index is 966. The maximum atomic E-state index is 12.4. The number of rotatable bonds is 8. The summed E-state index contributed by atoms with van der Waals surface area (Å²) >= 11 is 0. The summed E-state index contributed by atoms with van der Waals surface area (Å²) in [6, 6.07) is 12.3. The standard InChI is InChI=1S/C20H21N3O5/c1-3-26-14-8-10-15(11-9-14)28-13-17(24)22-19-18(20(25)27-4-2)21-16-7-5-6-12-23(16)19/h5-12H,3-4,13H2,1-2H3,(H,22,24). The van der Waals surface area contributed by atoms with Crippen molar-refractivity contribution in [3.05, 3.63) is 54.4 Å². The van der Waals surface area contributed by atoms with Gasteiger partial charge in [-0.1, -0.05) is 6.07 Å². The van der Waals surface area contributed by atoms with E-state index < -0.39 is 11.9 Å². The summed E-state index contributed by atoms with van der Waals surface area (Å²) in [5, 5.41) is 2.69. The number of carbonyl (C=O) groups is 2. The van der Waals surface area contributed by atoms with Gasteiger partial charge in [0.05, 0.1) is 13.2 Å². The highest BCUT2D eigenvalue weighted by Gasteiger charge is 2.21. The summed E-state index contributed by atoms with van der Waals surface area (Å²) < 4.78 is 17.5. The Hall–Kier alpha value is -3.55. The quantitative estimate of drug-likeness (QED) is 0.602. The van der Waals surface area contributed by atoms with E-state index in [2.05, 4.69) is 10.3 Å². The smallest absolute Gasteiger partial charge is 0.360 e. The average Bonchev–Trinajstić information content (AvgIpc) is 3.06. The topological polar surface area (TPSA) is 91.2 Å². The largest absolute Gasteiger partial charge is 0.494 e. The lowest BCUT2D eigenvalue weighted by atomic mass is 10.3. The molecule has 0 atom stereocenters. The van der Waals surface area contributed by atoms with Crippen molar-refractivity contribution in [2.24, 2.45) is 0 Å². The number of carbonyl (C=O) groups excluding carboxylic acids is 2. The molecule has 3 aromatic rings.